The summed E-state index contributed by atoms with van der Waals surface area (Å²) in [5.41, 5.74) is -1.32. The molecule has 2 atom stereocenters. The minimum atomic E-state index is -0.831. The van der Waals surface area contributed by atoms with Crippen LogP contribution in [-0.4, -0.2) is 69.5 Å². The third-order valence-electron chi connectivity index (χ3n) is 9.83. The van der Waals surface area contributed by atoms with Crippen molar-refractivity contribution in [2.24, 2.45) is 17.8 Å². The average Bonchev–Trinajstić information content (AvgIpc) is 3.13. The Hall–Kier alpha value is -1.71. The van der Waals surface area contributed by atoms with Crippen LogP contribution in [0.3, 0.4) is 0 Å². The number of esters is 3. The average molecular weight is 620 g/mol. The standard InChI is InChI=1S/C35H61N3O6/c1-30(2)15-21(16-31(3,4)36-30)27(39)42-24-13-14-25(43-28(40)22-17-32(5,6)37-33(7,8)18-22)26(24)44-29(41)23-19-34(9,10)38-35(11,12)20-23/h21-26,36-38H,13-20H2,1-12H3. The lowest BCUT2D eigenvalue weighted by molar-refractivity contribution is -0.185. The van der Waals surface area contributed by atoms with Gasteiger partial charge in [0.1, 0.15) is 12.2 Å². The van der Waals surface area contributed by atoms with Crippen LogP contribution in [0.1, 0.15) is 134 Å². The van der Waals surface area contributed by atoms with Gasteiger partial charge >= 0.3 is 17.9 Å². The zero-order valence-corrected chi connectivity index (χ0v) is 29.6. The number of carbonyl (C=O) groups is 3. The maximum absolute atomic E-state index is 13.8. The molecule has 0 radical (unpaired) electrons. The topological polar surface area (TPSA) is 115 Å². The van der Waals surface area contributed by atoms with E-state index in [2.05, 4.69) is 99.0 Å². The van der Waals surface area contributed by atoms with Crippen molar-refractivity contribution in [3.05, 3.63) is 0 Å². The molecule has 252 valence electrons. The molecule has 3 heterocycles. The number of hydrogen-bond donors (Lipinski definition) is 3. The molecule has 9 nitrogen and oxygen atoms in total. The molecule has 3 saturated heterocycles. The molecule has 44 heavy (non-hydrogen) atoms. The van der Waals surface area contributed by atoms with Gasteiger partial charge in [0, 0.05) is 33.2 Å². The number of rotatable bonds is 6. The number of ether oxygens (including phenoxy) is 3. The van der Waals surface area contributed by atoms with E-state index in [1.54, 1.807) is 0 Å². The number of nitrogens with one attached hydrogen (secondary N) is 3. The Morgan fingerprint density at radius 2 is 0.659 bits per heavy atom. The highest BCUT2D eigenvalue weighted by molar-refractivity contribution is 5.75. The summed E-state index contributed by atoms with van der Waals surface area (Å²) in [5.74, 6) is -1.70. The molecule has 0 aromatic heterocycles. The van der Waals surface area contributed by atoms with Crippen molar-refractivity contribution in [1.29, 1.82) is 0 Å². The van der Waals surface area contributed by atoms with Gasteiger partial charge in [0.15, 0.2) is 6.10 Å². The van der Waals surface area contributed by atoms with E-state index in [0.29, 0.717) is 51.4 Å². The predicted molar refractivity (Wildman–Crippen MR) is 171 cm³/mol. The normalized spacial score (nSPS) is 32.9. The second kappa shape index (κ2) is 11.8. The van der Waals surface area contributed by atoms with Crippen LogP contribution < -0.4 is 16.0 Å². The molecule has 4 fully saturated rings. The van der Waals surface area contributed by atoms with E-state index in [4.69, 9.17) is 14.2 Å². The highest BCUT2D eigenvalue weighted by Crippen LogP contribution is 2.39. The Balaban J connectivity index is 1.53. The molecule has 2 unspecified atom stereocenters. The molecule has 1 aliphatic carbocycles. The summed E-state index contributed by atoms with van der Waals surface area (Å²) in [6, 6.07) is 0. The Morgan fingerprint density at radius 3 is 0.909 bits per heavy atom. The Kier molecular flexibility index (Phi) is 9.45. The molecular formula is C35H61N3O6. The minimum absolute atomic E-state index is 0.212. The lowest BCUT2D eigenvalue weighted by atomic mass is 9.76. The summed E-state index contributed by atoms with van der Waals surface area (Å²) < 4.78 is 18.6. The number of piperidine rings is 3. The van der Waals surface area contributed by atoms with Gasteiger partial charge in [-0.25, -0.2) is 0 Å². The van der Waals surface area contributed by atoms with Crippen LogP contribution in [0.4, 0.5) is 0 Å². The van der Waals surface area contributed by atoms with E-state index in [-0.39, 0.29) is 68.9 Å². The van der Waals surface area contributed by atoms with Crippen LogP contribution >= 0.6 is 0 Å². The van der Waals surface area contributed by atoms with Crippen molar-refractivity contribution in [2.75, 3.05) is 0 Å². The fourth-order valence-electron chi connectivity index (χ4n) is 9.49. The zero-order valence-electron chi connectivity index (χ0n) is 29.6. The van der Waals surface area contributed by atoms with Gasteiger partial charge in [-0.1, -0.05) is 0 Å². The third kappa shape index (κ3) is 8.97. The summed E-state index contributed by atoms with van der Waals surface area (Å²) in [6.07, 6.45) is 2.71. The van der Waals surface area contributed by atoms with Crippen molar-refractivity contribution in [3.63, 3.8) is 0 Å². The predicted octanol–water partition coefficient (Wildman–Crippen LogP) is 5.19. The summed E-state index contributed by atoms with van der Waals surface area (Å²) in [7, 11) is 0. The summed E-state index contributed by atoms with van der Waals surface area (Å²) in [6.45, 7) is 25.3. The van der Waals surface area contributed by atoms with Crippen molar-refractivity contribution < 1.29 is 28.6 Å². The van der Waals surface area contributed by atoms with Crippen LogP contribution in [0.5, 0.6) is 0 Å². The van der Waals surface area contributed by atoms with Crippen molar-refractivity contribution >= 4 is 17.9 Å². The van der Waals surface area contributed by atoms with E-state index in [9.17, 15) is 14.4 Å². The van der Waals surface area contributed by atoms with Crippen molar-refractivity contribution in [1.82, 2.24) is 16.0 Å². The number of hydrogen-bond acceptors (Lipinski definition) is 9. The van der Waals surface area contributed by atoms with Gasteiger partial charge in [0.2, 0.25) is 0 Å². The van der Waals surface area contributed by atoms with Gasteiger partial charge in [0.05, 0.1) is 17.8 Å². The molecule has 0 spiro atoms. The second-order valence-corrected chi connectivity index (χ2v) is 18.4. The minimum Gasteiger partial charge on any atom is -0.458 e. The zero-order chi connectivity index (χ0) is 33.1. The maximum atomic E-state index is 13.8. The first-order chi connectivity index (χ1) is 19.9. The Labute approximate surface area is 266 Å². The van der Waals surface area contributed by atoms with Crippen LogP contribution in [0, 0.1) is 17.8 Å². The maximum Gasteiger partial charge on any atom is 0.309 e. The Morgan fingerprint density at radius 1 is 0.432 bits per heavy atom. The second-order valence-electron chi connectivity index (χ2n) is 18.4. The van der Waals surface area contributed by atoms with Gasteiger partial charge in [-0.05, 0) is 134 Å². The molecule has 4 aliphatic rings. The first kappa shape index (κ1) is 35.1. The van der Waals surface area contributed by atoms with Crippen LogP contribution in [0.25, 0.3) is 0 Å². The first-order valence-corrected chi connectivity index (χ1v) is 16.9. The van der Waals surface area contributed by atoms with Gasteiger partial charge in [0.25, 0.3) is 0 Å². The smallest absolute Gasteiger partial charge is 0.309 e. The highest BCUT2D eigenvalue weighted by Gasteiger charge is 2.50. The number of carbonyl (C=O) groups excluding carboxylic acids is 3. The van der Waals surface area contributed by atoms with Gasteiger partial charge < -0.3 is 30.2 Å². The molecule has 1 saturated carbocycles. The summed E-state index contributed by atoms with van der Waals surface area (Å²) in [5, 5.41) is 10.9. The van der Waals surface area contributed by atoms with Crippen LogP contribution in [0.15, 0.2) is 0 Å². The van der Waals surface area contributed by atoms with Crippen LogP contribution in [0.2, 0.25) is 0 Å². The molecular weight excluding hydrogens is 558 g/mol. The van der Waals surface area contributed by atoms with E-state index in [1.807, 2.05) is 0 Å². The summed E-state index contributed by atoms with van der Waals surface area (Å²) >= 11 is 0. The lowest BCUT2D eigenvalue weighted by Gasteiger charge is -2.46. The van der Waals surface area contributed by atoms with Crippen LogP contribution in [-0.2, 0) is 28.6 Å². The van der Waals surface area contributed by atoms with E-state index >= 15 is 0 Å². The van der Waals surface area contributed by atoms with E-state index in [1.165, 1.54) is 0 Å². The van der Waals surface area contributed by atoms with Crippen molar-refractivity contribution in [2.45, 2.75) is 186 Å². The van der Waals surface area contributed by atoms with Gasteiger partial charge in [-0.3, -0.25) is 14.4 Å². The molecule has 0 aromatic rings. The van der Waals surface area contributed by atoms with Gasteiger partial charge in [-0.15, -0.1) is 0 Å². The lowest BCUT2D eigenvalue weighted by Crippen LogP contribution is -2.59. The Bertz CT molecular complexity index is 1000. The molecule has 0 bridgehead atoms. The highest BCUT2D eigenvalue weighted by atomic mass is 16.6. The van der Waals surface area contributed by atoms with E-state index < -0.39 is 18.3 Å². The molecule has 0 aromatic carbocycles. The third-order valence-corrected chi connectivity index (χ3v) is 9.83. The monoisotopic (exact) mass is 619 g/mol. The largest absolute Gasteiger partial charge is 0.458 e. The fraction of sp³-hybridized carbons (Fsp3) is 0.914. The van der Waals surface area contributed by atoms with E-state index in [0.717, 1.165) is 0 Å². The molecule has 0 amide bonds. The molecule has 3 N–H and O–H groups in total. The SMILES string of the molecule is CC1(C)CC(C(=O)OC2CCC(OC(=O)C3CC(C)(C)NC(C)(C)C3)C2OC(=O)C2CC(C)(C)NC(C)(C)C2)CC(C)(C)N1. The summed E-state index contributed by atoms with van der Waals surface area (Å²) in [4.78, 5) is 41.1. The fourth-order valence-corrected chi connectivity index (χ4v) is 9.49. The molecule has 3 aliphatic heterocycles. The first-order valence-electron chi connectivity index (χ1n) is 16.9. The quantitative estimate of drug-likeness (QED) is 0.273. The van der Waals surface area contributed by atoms with Crippen molar-refractivity contribution in [3.8, 4) is 0 Å². The molecule has 4 rings (SSSR count). The molecule has 9 heteroatoms. The van der Waals surface area contributed by atoms with Gasteiger partial charge in [-0.2, -0.15) is 0 Å².